The summed E-state index contributed by atoms with van der Waals surface area (Å²) in [4.78, 5) is 7.83. The van der Waals surface area contributed by atoms with Crippen LogP contribution in [0.25, 0.3) is 11.1 Å². The third-order valence-electron chi connectivity index (χ3n) is 16.6. The van der Waals surface area contributed by atoms with Gasteiger partial charge in [-0.15, -0.1) is 0 Å². The highest BCUT2D eigenvalue weighted by Crippen LogP contribution is 2.54. The number of anilines is 9. The van der Waals surface area contributed by atoms with Gasteiger partial charge in [-0.25, -0.2) is 0 Å². The molecule has 368 valence electrons. The molecule has 1 aliphatic carbocycles. The lowest BCUT2D eigenvalue weighted by Crippen LogP contribution is -2.62. The summed E-state index contributed by atoms with van der Waals surface area (Å²) in [7, 11) is 0. The SMILES string of the molecule is Cc1cc(C(C)(C)C)cc(-c2ccccc2)c1N1c2cc3c(cc2B2c4ccc(C(C)(C)C)cc4N(c4cccc(C(C)(C)C)c4)c4cc(N(c5ccccc5)c5ccccc5)cc1c42)C(C)(C)CCC3(C)C. The summed E-state index contributed by atoms with van der Waals surface area (Å²) in [5.74, 6) is 0. The van der Waals surface area contributed by atoms with Crippen molar-refractivity contribution in [3.63, 3.8) is 0 Å². The van der Waals surface area contributed by atoms with Gasteiger partial charge in [0.2, 0.25) is 0 Å². The Morgan fingerprint density at radius 3 is 1.53 bits per heavy atom. The van der Waals surface area contributed by atoms with Gasteiger partial charge in [0, 0.05) is 45.4 Å². The van der Waals surface area contributed by atoms with Gasteiger partial charge in [-0.3, -0.25) is 0 Å². The van der Waals surface area contributed by atoms with E-state index in [-0.39, 0.29) is 33.8 Å². The molecule has 73 heavy (non-hydrogen) atoms. The number of rotatable bonds is 6. The van der Waals surface area contributed by atoms with Crippen LogP contribution in [0.5, 0.6) is 0 Å². The van der Waals surface area contributed by atoms with Gasteiger partial charge in [0.05, 0.1) is 11.4 Å². The maximum Gasteiger partial charge on any atom is 0.252 e. The Labute approximate surface area is 438 Å². The Balaban J connectivity index is 1.35. The van der Waals surface area contributed by atoms with Crippen LogP contribution in [-0.2, 0) is 27.1 Å². The molecular formula is C69H74BN3. The van der Waals surface area contributed by atoms with E-state index in [2.05, 4.69) is 281 Å². The normalized spacial score (nSPS) is 15.6. The minimum Gasteiger partial charge on any atom is -0.311 e. The zero-order valence-electron chi connectivity index (χ0n) is 46.0. The van der Waals surface area contributed by atoms with E-state index in [0.29, 0.717) is 0 Å². The van der Waals surface area contributed by atoms with Gasteiger partial charge in [-0.05, 0) is 169 Å². The first kappa shape index (κ1) is 48.5. The van der Waals surface area contributed by atoms with Crippen molar-refractivity contribution in [3.05, 3.63) is 203 Å². The molecule has 2 aliphatic heterocycles. The van der Waals surface area contributed by atoms with E-state index >= 15 is 0 Å². The molecule has 0 atom stereocenters. The molecule has 0 saturated heterocycles. The highest BCUT2D eigenvalue weighted by Gasteiger charge is 2.48. The molecule has 0 unspecified atom stereocenters. The van der Waals surface area contributed by atoms with Crippen LogP contribution in [-0.4, -0.2) is 6.71 Å². The van der Waals surface area contributed by atoms with Crippen molar-refractivity contribution in [2.75, 3.05) is 14.7 Å². The molecular weight excluding hydrogens is 882 g/mol. The molecule has 4 heteroatoms. The molecule has 0 aromatic heterocycles. The highest BCUT2D eigenvalue weighted by atomic mass is 15.2. The molecule has 0 bridgehead atoms. The molecule has 0 spiro atoms. The topological polar surface area (TPSA) is 9.72 Å². The summed E-state index contributed by atoms with van der Waals surface area (Å²) in [5, 5.41) is 0. The summed E-state index contributed by atoms with van der Waals surface area (Å²) in [6.07, 6.45) is 2.29. The quantitative estimate of drug-likeness (QED) is 0.154. The number of para-hydroxylation sites is 2. The molecule has 0 saturated carbocycles. The van der Waals surface area contributed by atoms with E-state index < -0.39 is 0 Å². The average Bonchev–Trinajstić information content (AvgIpc) is 3.35. The molecule has 2 heterocycles. The number of fused-ring (bicyclic) bond motifs is 5. The molecule has 0 N–H and O–H groups in total. The molecule has 0 radical (unpaired) electrons. The van der Waals surface area contributed by atoms with E-state index in [9.17, 15) is 0 Å². The van der Waals surface area contributed by atoms with Crippen LogP contribution in [0.4, 0.5) is 51.2 Å². The minimum atomic E-state index is -0.0702. The first-order valence-electron chi connectivity index (χ1n) is 26.8. The third kappa shape index (κ3) is 8.30. The number of hydrogen-bond acceptors (Lipinski definition) is 3. The second-order valence-corrected chi connectivity index (χ2v) is 25.9. The summed E-state index contributed by atoms with van der Waals surface area (Å²) in [5.41, 5.74) is 25.2. The maximum atomic E-state index is 2.72. The van der Waals surface area contributed by atoms with Gasteiger partial charge in [0.15, 0.2) is 0 Å². The van der Waals surface area contributed by atoms with E-state index in [1.165, 1.54) is 95.0 Å². The average molecular weight is 956 g/mol. The van der Waals surface area contributed by atoms with Gasteiger partial charge in [0.1, 0.15) is 0 Å². The fraction of sp³-hybridized carbons (Fsp3) is 0.304. The van der Waals surface area contributed by atoms with Gasteiger partial charge in [0.25, 0.3) is 6.71 Å². The Morgan fingerprint density at radius 2 is 0.959 bits per heavy atom. The molecule has 3 aliphatic rings. The largest absolute Gasteiger partial charge is 0.311 e. The van der Waals surface area contributed by atoms with Crippen molar-refractivity contribution in [3.8, 4) is 11.1 Å². The Hall–Kier alpha value is -6.78. The Morgan fingerprint density at radius 1 is 0.438 bits per heavy atom. The number of benzene rings is 8. The predicted octanol–water partition coefficient (Wildman–Crippen LogP) is 17.5. The summed E-state index contributed by atoms with van der Waals surface area (Å²) in [6, 6.07) is 65.3. The molecule has 3 nitrogen and oxygen atoms in total. The van der Waals surface area contributed by atoms with Gasteiger partial charge in [-0.1, -0.05) is 193 Å². The molecule has 8 aromatic carbocycles. The van der Waals surface area contributed by atoms with E-state index in [1.54, 1.807) is 0 Å². The van der Waals surface area contributed by atoms with E-state index in [1.807, 2.05) is 0 Å². The lowest BCUT2D eigenvalue weighted by atomic mass is 9.33. The highest BCUT2D eigenvalue weighted by molar-refractivity contribution is 7.00. The van der Waals surface area contributed by atoms with E-state index in [0.717, 1.165) is 29.9 Å². The first-order valence-corrected chi connectivity index (χ1v) is 26.8. The molecule has 8 aromatic rings. The van der Waals surface area contributed by atoms with Crippen molar-refractivity contribution in [1.82, 2.24) is 0 Å². The summed E-state index contributed by atoms with van der Waals surface area (Å²) in [6.45, 7) is 33.3. The lowest BCUT2D eigenvalue weighted by Gasteiger charge is -2.48. The number of nitrogens with zero attached hydrogens (tertiary/aromatic N) is 3. The standard InChI is InChI=1S/C69H74BN3/c1-45-37-49(67(8,9)10)39-54(46-25-18-15-19-26-46)64(45)73-60-44-56-55(68(11,12)35-36-69(56,13)14)43-58(60)70-57-34-33-48(66(5,6)7)40-59(57)72(52-32-24-27-47(38-52)65(2,3)4)61-41-53(42-62(73)63(61)70)71(50-28-20-16-21-29-50)51-30-22-17-23-31-51/h15-34,37-44H,35-36H2,1-14H3. The maximum absolute atomic E-state index is 2.72. The van der Waals surface area contributed by atoms with Crippen molar-refractivity contribution < 1.29 is 0 Å². The predicted molar refractivity (Wildman–Crippen MR) is 317 cm³/mol. The smallest absolute Gasteiger partial charge is 0.252 e. The molecule has 0 amide bonds. The fourth-order valence-electron chi connectivity index (χ4n) is 12.2. The third-order valence-corrected chi connectivity index (χ3v) is 16.6. The van der Waals surface area contributed by atoms with Gasteiger partial charge >= 0.3 is 0 Å². The fourth-order valence-corrected chi connectivity index (χ4v) is 12.2. The van der Waals surface area contributed by atoms with Crippen LogP contribution in [0.3, 0.4) is 0 Å². The van der Waals surface area contributed by atoms with Crippen LogP contribution in [0.15, 0.2) is 170 Å². The lowest BCUT2D eigenvalue weighted by molar-refractivity contribution is 0.332. The Bertz CT molecular complexity index is 3380. The first-order chi connectivity index (χ1) is 34.5. The Kier molecular flexibility index (Phi) is 11.4. The summed E-state index contributed by atoms with van der Waals surface area (Å²) < 4.78 is 0. The van der Waals surface area contributed by atoms with Gasteiger partial charge in [-0.2, -0.15) is 0 Å². The minimum absolute atomic E-state index is 0.00932. The van der Waals surface area contributed by atoms with Crippen molar-refractivity contribution in [2.24, 2.45) is 0 Å². The van der Waals surface area contributed by atoms with Crippen molar-refractivity contribution >= 4 is 74.3 Å². The zero-order valence-corrected chi connectivity index (χ0v) is 46.0. The summed E-state index contributed by atoms with van der Waals surface area (Å²) >= 11 is 0. The second-order valence-electron chi connectivity index (χ2n) is 25.9. The zero-order chi connectivity index (χ0) is 51.6. The van der Waals surface area contributed by atoms with Crippen LogP contribution in [0.2, 0.25) is 0 Å². The van der Waals surface area contributed by atoms with Crippen LogP contribution in [0.1, 0.15) is 136 Å². The van der Waals surface area contributed by atoms with Crippen molar-refractivity contribution in [1.29, 1.82) is 0 Å². The van der Waals surface area contributed by atoms with Crippen LogP contribution < -0.4 is 31.1 Å². The van der Waals surface area contributed by atoms with Gasteiger partial charge < -0.3 is 14.7 Å². The monoisotopic (exact) mass is 956 g/mol. The van der Waals surface area contributed by atoms with E-state index in [4.69, 9.17) is 0 Å². The van der Waals surface area contributed by atoms with Crippen molar-refractivity contribution in [2.45, 2.75) is 137 Å². The molecule has 11 rings (SSSR count). The van der Waals surface area contributed by atoms with Crippen LogP contribution >= 0.6 is 0 Å². The van der Waals surface area contributed by atoms with Crippen LogP contribution in [0, 0.1) is 6.92 Å². The molecule has 0 fully saturated rings. The number of aryl methyl sites for hydroxylation is 1. The second kappa shape index (κ2) is 17.2. The number of hydrogen-bond donors (Lipinski definition) is 0.